The highest BCUT2D eigenvalue weighted by Crippen LogP contribution is 2.26. The molecule has 6 heteroatoms. The summed E-state index contributed by atoms with van der Waals surface area (Å²) in [4.78, 5) is 28.9. The first-order valence-electron chi connectivity index (χ1n) is 5.62. The molecule has 1 N–H and O–H groups in total. The fraction of sp³-hybridized carbons (Fsp3) is 0.417. The van der Waals surface area contributed by atoms with Crippen molar-refractivity contribution in [2.45, 2.75) is 6.42 Å². The molecule has 1 aliphatic heterocycles. The van der Waals surface area contributed by atoms with Crippen molar-refractivity contribution in [3.63, 3.8) is 0 Å². The molecule has 0 bridgehead atoms. The smallest absolute Gasteiger partial charge is 0.341 e. The highest BCUT2D eigenvalue weighted by atomic mass is 16.5. The standard InChI is InChI=1S/C12H14N2O4/c1-18-12(17)9-3-2-4-13-11(9)14-6-8(7-15)5-10(14)16/h2-4,8,15H,5-7H2,1H3. The molecule has 1 aromatic rings. The van der Waals surface area contributed by atoms with Crippen LogP contribution in [0.5, 0.6) is 0 Å². The number of nitrogens with zero attached hydrogens (tertiary/aromatic N) is 2. The highest BCUT2D eigenvalue weighted by Gasteiger charge is 2.33. The second kappa shape index (κ2) is 5.14. The molecule has 0 aliphatic carbocycles. The number of anilines is 1. The predicted octanol–water partition coefficient (Wildman–Crippen LogP) is 0.213. The number of pyridine rings is 1. The molecule has 6 nitrogen and oxygen atoms in total. The van der Waals surface area contributed by atoms with Gasteiger partial charge in [-0.1, -0.05) is 0 Å². The fourth-order valence-corrected chi connectivity index (χ4v) is 1.99. The van der Waals surface area contributed by atoms with E-state index in [-0.39, 0.29) is 30.4 Å². The predicted molar refractivity (Wildman–Crippen MR) is 63.1 cm³/mol. The first kappa shape index (κ1) is 12.5. The molecule has 0 saturated carbocycles. The number of aromatic nitrogens is 1. The summed E-state index contributed by atoms with van der Waals surface area (Å²) in [5, 5.41) is 9.08. The van der Waals surface area contributed by atoms with Gasteiger partial charge >= 0.3 is 5.97 Å². The van der Waals surface area contributed by atoms with Crippen molar-refractivity contribution < 1.29 is 19.4 Å². The Balaban J connectivity index is 2.34. The lowest BCUT2D eigenvalue weighted by atomic mass is 10.1. The molecule has 1 aliphatic rings. The SMILES string of the molecule is COC(=O)c1cccnc1N1CC(CO)CC1=O. The summed E-state index contributed by atoms with van der Waals surface area (Å²) in [6.07, 6.45) is 1.79. The molecule has 0 spiro atoms. The summed E-state index contributed by atoms with van der Waals surface area (Å²) in [5.41, 5.74) is 0.256. The zero-order chi connectivity index (χ0) is 13.1. The number of carbonyl (C=O) groups is 2. The summed E-state index contributed by atoms with van der Waals surface area (Å²) >= 11 is 0. The number of carbonyl (C=O) groups excluding carboxylic acids is 2. The molecule has 1 unspecified atom stereocenters. The molecule has 1 saturated heterocycles. The van der Waals surface area contributed by atoms with Crippen LogP contribution in [-0.2, 0) is 9.53 Å². The van der Waals surface area contributed by atoms with Crippen LogP contribution in [0, 0.1) is 5.92 Å². The Kier molecular flexibility index (Phi) is 3.57. The van der Waals surface area contributed by atoms with E-state index in [4.69, 9.17) is 5.11 Å². The quantitative estimate of drug-likeness (QED) is 0.776. The van der Waals surface area contributed by atoms with Crippen molar-refractivity contribution in [3.8, 4) is 0 Å². The summed E-state index contributed by atoms with van der Waals surface area (Å²) in [5.74, 6) is -0.480. The number of hydrogen-bond donors (Lipinski definition) is 1. The molecule has 1 fully saturated rings. The third-order valence-corrected chi connectivity index (χ3v) is 2.91. The van der Waals surface area contributed by atoms with Gasteiger partial charge in [0.1, 0.15) is 11.4 Å². The van der Waals surface area contributed by atoms with E-state index in [0.717, 1.165) is 0 Å². The van der Waals surface area contributed by atoms with Gasteiger partial charge in [0.25, 0.3) is 0 Å². The molecule has 18 heavy (non-hydrogen) atoms. The molecular formula is C12H14N2O4. The van der Waals surface area contributed by atoms with Gasteiger partial charge in [-0.05, 0) is 12.1 Å². The summed E-state index contributed by atoms with van der Waals surface area (Å²) in [7, 11) is 1.28. The minimum atomic E-state index is -0.529. The van der Waals surface area contributed by atoms with E-state index in [1.165, 1.54) is 18.2 Å². The van der Waals surface area contributed by atoms with Gasteiger partial charge < -0.3 is 9.84 Å². The molecule has 1 amide bonds. The van der Waals surface area contributed by atoms with E-state index in [9.17, 15) is 9.59 Å². The molecule has 1 aromatic heterocycles. The molecule has 2 heterocycles. The Hall–Kier alpha value is -1.95. The Labute approximate surface area is 104 Å². The monoisotopic (exact) mass is 250 g/mol. The average molecular weight is 250 g/mol. The minimum absolute atomic E-state index is 0.0529. The van der Waals surface area contributed by atoms with E-state index in [0.29, 0.717) is 12.4 Å². The van der Waals surface area contributed by atoms with E-state index in [1.54, 1.807) is 12.1 Å². The number of hydrogen-bond acceptors (Lipinski definition) is 5. The van der Waals surface area contributed by atoms with Crippen molar-refractivity contribution in [2.24, 2.45) is 5.92 Å². The maximum absolute atomic E-state index is 11.8. The van der Waals surface area contributed by atoms with Gasteiger partial charge in [0.05, 0.1) is 7.11 Å². The van der Waals surface area contributed by atoms with Crippen LogP contribution in [0.1, 0.15) is 16.8 Å². The zero-order valence-electron chi connectivity index (χ0n) is 10.00. The molecule has 2 rings (SSSR count). The highest BCUT2D eigenvalue weighted by molar-refractivity contribution is 6.02. The number of aliphatic hydroxyl groups excluding tert-OH is 1. The Morgan fingerprint density at radius 1 is 1.67 bits per heavy atom. The zero-order valence-corrected chi connectivity index (χ0v) is 10.00. The maximum atomic E-state index is 11.8. The molecule has 0 radical (unpaired) electrons. The van der Waals surface area contributed by atoms with Crippen LogP contribution >= 0.6 is 0 Å². The van der Waals surface area contributed by atoms with Gasteiger partial charge in [-0.3, -0.25) is 9.69 Å². The molecular weight excluding hydrogens is 236 g/mol. The van der Waals surface area contributed by atoms with Crippen LogP contribution in [0.2, 0.25) is 0 Å². The molecule has 0 aromatic carbocycles. The minimum Gasteiger partial charge on any atom is -0.465 e. The number of methoxy groups -OCH3 is 1. The van der Waals surface area contributed by atoms with Crippen LogP contribution in [0.4, 0.5) is 5.82 Å². The Morgan fingerprint density at radius 2 is 2.44 bits per heavy atom. The maximum Gasteiger partial charge on any atom is 0.341 e. The van der Waals surface area contributed by atoms with Crippen LogP contribution in [0.3, 0.4) is 0 Å². The number of amides is 1. The van der Waals surface area contributed by atoms with E-state index in [1.807, 2.05) is 0 Å². The lowest BCUT2D eigenvalue weighted by Gasteiger charge is -2.17. The fourth-order valence-electron chi connectivity index (χ4n) is 1.99. The summed E-state index contributed by atoms with van der Waals surface area (Å²) < 4.78 is 4.66. The van der Waals surface area contributed by atoms with Crippen molar-refractivity contribution in [2.75, 3.05) is 25.2 Å². The third-order valence-electron chi connectivity index (χ3n) is 2.91. The second-order valence-electron chi connectivity index (χ2n) is 4.12. The topological polar surface area (TPSA) is 79.7 Å². The Bertz CT molecular complexity index is 475. The number of esters is 1. The number of rotatable bonds is 3. The van der Waals surface area contributed by atoms with Crippen molar-refractivity contribution in [3.05, 3.63) is 23.9 Å². The van der Waals surface area contributed by atoms with Gasteiger partial charge in [-0.15, -0.1) is 0 Å². The molecule has 96 valence electrons. The first-order valence-corrected chi connectivity index (χ1v) is 5.62. The van der Waals surface area contributed by atoms with Crippen LogP contribution < -0.4 is 4.90 Å². The summed E-state index contributed by atoms with van der Waals surface area (Å²) in [6, 6.07) is 3.17. The lowest BCUT2D eigenvalue weighted by Crippen LogP contribution is -2.28. The summed E-state index contributed by atoms with van der Waals surface area (Å²) in [6.45, 7) is 0.318. The van der Waals surface area contributed by atoms with Gasteiger partial charge in [-0.2, -0.15) is 0 Å². The van der Waals surface area contributed by atoms with Crippen LogP contribution in [0.15, 0.2) is 18.3 Å². The third kappa shape index (κ3) is 2.19. The van der Waals surface area contributed by atoms with Crippen LogP contribution in [-0.4, -0.2) is 42.2 Å². The second-order valence-corrected chi connectivity index (χ2v) is 4.12. The average Bonchev–Trinajstić information content (AvgIpc) is 2.79. The first-order chi connectivity index (χ1) is 8.67. The van der Waals surface area contributed by atoms with Crippen molar-refractivity contribution in [1.82, 2.24) is 4.98 Å². The molecule has 1 atom stereocenters. The van der Waals surface area contributed by atoms with Gasteiger partial charge in [0.2, 0.25) is 5.91 Å². The van der Waals surface area contributed by atoms with Crippen molar-refractivity contribution >= 4 is 17.7 Å². The number of ether oxygens (including phenoxy) is 1. The van der Waals surface area contributed by atoms with E-state index >= 15 is 0 Å². The van der Waals surface area contributed by atoms with E-state index < -0.39 is 5.97 Å². The van der Waals surface area contributed by atoms with E-state index in [2.05, 4.69) is 9.72 Å². The Morgan fingerprint density at radius 3 is 3.06 bits per heavy atom. The van der Waals surface area contributed by atoms with Crippen LogP contribution in [0.25, 0.3) is 0 Å². The largest absolute Gasteiger partial charge is 0.465 e. The number of aliphatic hydroxyl groups is 1. The lowest BCUT2D eigenvalue weighted by molar-refractivity contribution is -0.117. The van der Waals surface area contributed by atoms with Gasteiger partial charge in [0.15, 0.2) is 0 Å². The normalized spacial score (nSPS) is 19.1. The van der Waals surface area contributed by atoms with Gasteiger partial charge in [-0.25, -0.2) is 9.78 Å². The van der Waals surface area contributed by atoms with Gasteiger partial charge in [0, 0.05) is 31.7 Å². The van der Waals surface area contributed by atoms with Crippen molar-refractivity contribution in [1.29, 1.82) is 0 Å².